The van der Waals surface area contributed by atoms with Crippen molar-refractivity contribution in [3.05, 3.63) is 28.7 Å². The Balaban J connectivity index is 2.22. The third-order valence-corrected chi connectivity index (χ3v) is 4.27. The highest BCUT2D eigenvalue weighted by Gasteiger charge is 2.04. The fourth-order valence-electron chi connectivity index (χ4n) is 1.60. The van der Waals surface area contributed by atoms with E-state index in [4.69, 9.17) is 10.5 Å². The van der Waals surface area contributed by atoms with E-state index in [1.807, 2.05) is 19.1 Å². The number of nitrogens with zero attached hydrogens (tertiary/aromatic N) is 1. The third kappa shape index (κ3) is 9.01. The van der Waals surface area contributed by atoms with E-state index in [9.17, 15) is 0 Å². The van der Waals surface area contributed by atoms with Gasteiger partial charge in [0.1, 0.15) is 0 Å². The molecule has 0 heterocycles. The molecule has 1 rings (SSSR count). The number of ether oxygens (including phenoxy) is 1. The smallest absolute Gasteiger partial charge is 0.188 e. The first-order chi connectivity index (χ1) is 10.1. The van der Waals surface area contributed by atoms with E-state index in [0.29, 0.717) is 17.8 Å². The number of nitrogens with two attached hydrogens (primary N) is 1. The van der Waals surface area contributed by atoms with E-state index in [-0.39, 0.29) is 0 Å². The van der Waals surface area contributed by atoms with Gasteiger partial charge in [-0.2, -0.15) is 0 Å². The molecule has 0 aliphatic heterocycles. The van der Waals surface area contributed by atoms with Crippen LogP contribution in [0.2, 0.25) is 0 Å². The molecule has 1 aromatic carbocycles. The first-order valence-electron chi connectivity index (χ1n) is 7.15. The lowest BCUT2D eigenvalue weighted by atomic mass is 10.4. The lowest BCUT2D eigenvalue weighted by Gasteiger charge is -2.10. The van der Waals surface area contributed by atoms with Gasteiger partial charge in [0.2, 0.25) is 0 Å². The molecule has 21 heavy (non-hydrogen) atoms. The average Bonchev–Trinajstić information content (AvgIpc) is 2.47. The summed E-state index contributed by atoms with van der Waals surface area (Å²) >= 11 is 5.23. The Bertz CT molecular complexity index is 425. The van der Waals surface area contributed by atoms with Crippen LogP contribution in [-0.4, -0.2) is 37.5 Å². The van der Waals surface area contributed by atoms with Crippen molar-refractivity contribution in [2.24, 2.45) is 10.7 Å². The van der Waals surface area contributed by atoms with Crippen LogP contribution in [0.5, 0.6) is 0 Å². The van der Waals surface area contributed by atoms with Gasteiger partial charge in [-0.05, 0) is 37.6 Å². The summed E-state index contributed by atoms with van der Waals surface area (Å²) < 4.78 is 6.36. The Morgan fingerprint density at radius 3 is 2.81 bits per heavy atom. The number of thioether (sulfide) groups is 1. The SMILES string of the molecule is CCOCCCNC(N)=NCC(C)Sc1ccc(Br)cc1. The predicted molar refractivity (Wildman–Crippen MR) is 95.1 cm³/mol. The van der Waals surface area contributed by atoms with Crippen molar-refractivity contribution >= 4 is 33.7 Å². The number of hydrogen-bond acceptors (Lipinski definition) is 3. The zero-order valence-corrected chi connectivity index (χ0v) is 15.0. The molecule has 4 nitrogen and oxygen atoms in total. The highest BCUT2D eigenvalue weighted by molar-refractivity contribution is 9.10. The van der Waals surface area contributed by atoms with Crippen LogP contribution >= 0.6 is 27.7 Å². The normalized spacial score (nSPS) is 13.2. The minimum atomic E-state index is 0.384. The molecule has 0 aromatic heterocycles. The summed E-state index contributed by atoms with van der Waals surface area (Å²) in [6.45, 7) is 7.15. The molecule has 0 aliphatic carbocycles. The zero-order valence-electron chi connectivity index (χ0n) is 12.6. The molecule has 0 bridgehead atoms. The fourth-order valence-corrected chi connectivity index (χ4v) is 2.77. The molecule has 1 atom stereocenters. The van der Waals surface area contributed by atoms with Crippen LogP contribution in [0.25, 0.3) is 0 Å². The quantitative estimate of drug-likeness (QED) is 0.302. The predicted octanol–water partition coefficient (Wildman–Crippen LogP) is 3.26. The maximum absolute atomic E-state index is 5.83. The van der Waals surface area contributed by atoms with Crippen molar-refractivity contribution in [1.29, 1.82) is 0 Å². The van der Waals surface area contributed by atoms with Crippen LogP contribution in [0, 0.1) is 0 Å². The van der Waals surface area contributed by atoms with Gasteiger partial charge in [0.25, 0.3) is 0 Å². The van der Waals surface area contributed by atoms with Gasteiger partial charge in [-0.3, -0.25) is 4.99 Å². The summed E-state index contributed by atoms with van der Waals surface area (Å²) in [6.07, 6.45) is 0.938. The summed E-state index contributed by atoms with van der Waals surface area (Å²) in [4.78, 5) is 5.61. The van der Waals surface area contributed by atoms with Crippen molar-refractivity contribution in [2.45, 2.75) is 30.4 Å². The zero-order chi connectivity index (χ0) is 15.5. The number of rotatable bonds is 9. The molecule has 0 fully saturated rings. The van der Waals surface area contributed by atoms with Crippen LogP contribution in [-0.2, 0) is 4.74 Å². The van der Waals surface area contributed by atoms with Crippen molar-refractivity contribution in [2.75, 3.05) is 26.3 Å². The van der Waals surface area contributed by atoms with Crippen LogP contribution in [0.3, 0.4) is 0 Å². The maximum atomic E-state index is 5.83. The lowest BCUT2D eigenvalue weighted by Crippen LogP contribution is -2.33. The highest BCUT2D eigenvalue weighted by Crippen LogP contribution is 2.24. The Morgan fingerprint density at radius 1 is 1.43 bits per heavy atom. The number of halogens is 1. The molecular formula is C15H24BrN3OS. The Morgan fingerprint density at radius 2 is 2.14 bits per heavy atom. The van der Waals surface area contributed by atoms with Gasteiger partial charge in [0.15, 0.2) is 5.96 Å². The van der Waals surface area contributed by atoms with E-state index in [1.165, 1.54) is 4.90 Å². The van der Waals surface area contributed by atoms with Gasteiger partial charge in [0, 0.05) is 34.4 Å². The second-order valence-electron chi connectivity index (χ2n) is 4.59. The summed E-state index contributed by atoms with van der Waals surface area (Å²) in [5.74, 6) is 0.509. The Kier molecular flexibility index (Phi) is 9.54. The highest BCUT2D eigenvalue weighted by atomic mass is 79.9. The Hall–Kier alpha value is -0.720. The van der Waals surface area contributed by atoms with Gasteiger partial charge < -0.3 is 15.8 Å². The number of nitrogens with one attached hydrogen (secondary N) is 1. The van der Waals surface area contributed by atoms with E-state index >= 15 is 0 Å². The van der Waals surface area contributed by atoms with E-state index in [0.717, 1.165) is 30.7 Å². The second-order valence-corrected chi connectivity index (χ2v) is 7.01. The molecule has 0 saturated heterocycles. The topological polar surface area (TPSA) is 59.6 Å². The summed E-state index contributed by atoms with van der Waals surface area (Å²) in [7, 11) is 0. The van der Waals surface area contributed by atoms with Gasteiger partial charge in [-0.1, -0.05) is 22.9 Å². The summed E-state index contributed by atoms with van der Waals surface area (Å²) in [5.41, 5.74) is 5.83. The molecule has 1 aromatic rings. The largest absolute Gasteiger partial charge is 0.382 e. The average molecular weight is 374 g/mol. The van der Waals surface area contributed by atoms with E-state index in [1.54, 1.807) is 11.8 Å². The first-order valence-corrected chi connectivity index (χ1v) is 8.82. The molecule has 1 unspecified atom stereocenters. The second kappa shape index (κ2) is 10.9. The van der Waals surface area contributed by atoms with Crippen LogP contribution < -0.4 is 11.1 Å². The van der Waals surface area contributed by atoms with Crippen molar-refractivity contribution in [3.63, 3.8) is 0 Å². The van der Waals surface area contributed by atoms with Gasteiger partial charge in [-0.25, -0.2) is 0 Å². The van der Waals surface area contributed by atoms with E-state index < -0.39 is 0 Å². The lowest BCUT2D eigenvalue weighted by molar-refractivity contribution is 0.145. The number of benzene rings is 1. The molecule has 6 heteroatoms. The summed E-state index contributed by atoms with van der Waals surface area (Å²) in [6, 6.07) is 8.30. The monoisotopic (exact) mass is 373 g/mol. The minimum absolute atomic E-state index is 0.384. The molecule has 118 valence electrons. The molecular weight excluding hydrogens is 350 g/mol. The Labute approximate surface area is 140 Å². The summed E-state index contributed by atoms with van der Waals surface area (Å²) in [5, 5.41) is 3.48. The maximum Gasteiger partial charge on any atom is 0.188 e. The number of hydrogen-bond donors (Lipinski definition) is 2. The standard InChI is InChI=1S/C15H24BrN3OS/c1-3-20-10-4-9-18-15(17)19-11-12(2)21-14-7-5-13(16)6-8-14/h5-8,12H,3-4,9-11H2,1-2H3,(H3,17,18,19). The van der Waals surface area contributed by atoms with Crippen LogP contribution in [0.4, 0.5) is 0 Å². The third-order valence-electron chi connectivity index (χ3n) is 2.65. The molecule has 0 aliphatic rings. The van der Waals surface area contributed by atoms with Crippen molar-refractivity contribution in [1.82, 2.24) is 5.32 Å². The number of aliphatic imine (C=N–C) groups is 1. The van der Waals surface area contributed by atoms with Gasteiger partial charge in [-0.15, -0.1) is 11.8 Å². The minimum Gasteiger partial charge on any atom is -0.382 e. The number of guanidine groups is 1. The van der Waals surface area contributed by atoms with Crippen LogP contribution in [0.1, 0.15) is 20.3 Å². The van der Waals surface area contributed by atoms with Crippen molar-refractivity contribution < 1.29 is 4.74 Å². The molecule has 0 spiro atoms. The fraction of sp³-hybridized carbons (Fsp3) is 0.533. The molecule has 0 saturated carbocycles. The van der Waals surface area contributed by atoms with Crippen molar-refractivity contribution in [3.8, 4) is 0 Å². The van der Waals surface area contributed by atoms with Crippen LogP contribution in [0.15, 0.2) is 38.6 Å². The molecule has 0 amide bonds. The van der Waals surface area contributed by atoms with Gasteiger partial charge >= 0.3 is 0 Å². The van der Waals surface area contributed by atoms with Gasteiger partial charge in [0.05, 0.1) is 6.54 Å². The molecule has 3 N–H and O–H groups in total. The van der Waals surface area contributed by atoms with E-state index in [2.05, 4.69) is 45.3 Å². The molecule has 0 radical (unpaired) electrons. The first kappa shape index (κ1) is 18.3.